The van der Waals surface area contributed by atoms with E-state index >= 15 is 0 Å². The molecular weight excluding hydrogens is 320 g/mol. The summed E-state index contributed by atoms with van der Waals surface area (Å²) in [6, 6.07) is 0. The average molecular weight is 346 g/mol. The van der Waals surface area contributed by atoms with Crippen molar-refractivity contribution < 1.29 is 29.3 Å². The van der Waals surface area contributed by atoms with Gasteiger partial charge in [0.05, 0.1) is 24.4 Å². The van der Waals surface area contributed by atoms with Crippen molar-refractivity contribution in [2.24, 2.45) is 0 Å². The van der Waals surface area contributed by atoms with E-state index in [1.165, 1.54) is 0 Å². The molecule has 2 aliphatic heterocycles. The predicted molar refractivity (Wildman–Crippen MR) is 86.8 cm³/mol. The summed E-state index contributed by atoms with van der Waals surface area (Å²) in [5.74, 6) is -1.99. The Balaban J connectivity index is 2.08. The second kappa shape index (κ2) is 6.61. The smallest absolute Gasteiger partial charge is 0.319 e. The molecular formula is C16H26O6S. The largest absolute Gasteiger partial charge is 0.480 e. The van der Waals surface area contributed by atoms with Crippen molar-refractivity contribution in [1.82, 2.24) is 0 Å². The number of hydrogen-bond donors (Lipinski definition) is 2. The first-order valence-corrected chi connectivity index (χ1v) is 8.94. The van der Waals surface area contributed by atoms with Gasteiger partial charge in [-0.15, -0.1) is 11.8 Å². The second-order valence-electron chi connectivity index (χ2n) is 6.82. The van der Waals surface area contributed by atoms with E-state index in [2.05, 4.69) is 0 Å². The second-order valence-corrected chi connectivity index (χ2v) is 8.83. The van der Waals surface area contributed by atoms with Gasteiger partial charge in [0.2, 0.25) is 0 Å². The number of ether oxygens (including phenoxy) is 2. The zero-order valence-corrected chi connectivity index (χ0v) is 14.9. The fraction of sp³-hybridized carbons (Fsp3) is 0.875. The standard InChI is InChI=1S/C16H26O6S/c1-5-9-11(21-9)7-15(3,13(17)18)23-16(4,14(19)20)8-12-10(6-2)22-12/h9-12H,5-8H2,1-4H3,(H,17,18)(H,19,20). The quantitative estimate of drug-likeness (QED) is 0.586. The third-order valence-electron chi connectivity index (χ3n) is 4.72. The molecule has 6 unspecified atom stereocenters. The molecule has 0 aliphatic carbocycles. The van der Waals surface area contributed by atoms with E-state index in [9.17, 15) is 19.8 Å². The third-order valence-corrected chi connectivity index (χ3v) is 6.30. The highest BCUT2D eigenvalue weighted by Gasteiger charge is 2.54. The van der Waals surface area contributed by atoms with E-state index in [1.807, 2.05) is 13.8 Å². The van der Waals surface area contributed by atoms with Gasteiger partial charge in [-0.1, -0.05) is 13.8 Å². The van der Waals surface area contributed by atoms with Crippen LogP contribution in [0.3, 0.4) is 0 Å². The average Bonchev–Trinajstić information content (AvgIpc) is 3.35. The van der Waals surface area contributed by atoms with Gasteiger partial charge in [0.25, 0.3) is 0 Å². The molecule has 2 fully saturated rings. The molecule has 132 valence electrons. The lowest BCUT2D eigenvalue weighted by Gasteiger charge is -2.33. The summed E-state index contributed by atoms with van der Waals surface area (Å²) in [5, 5.41) is 19.3. The minimum Gasteiger partial charge on any atom is -0.480 e. The molecule has 23 heavy (non-hydrogen) atoms. The van der Waals surface area contributed by atoms with Crippen molar-refractivity contribution in [3.8, 4) is 0 Å². The van der Waals surface area contributed by atoms with E-state index in [0.29, 0.717) is 12.8 Å². The van der Waals surface area contributed by atoms with Crippen LogP contribution in [0.4, 0.5) is 0 Å². The molecule has 0 spiro atoms. The lowest BCUT2D eigenvalue weighted by atomic mass is 10.0. The van der Waals surface area contributed by atoms with E-state index < -0.39 is 21.4 Å². The molecule has 2 heterocycles. The van der Waals surface area contributed by atoms with Crippen LogP contribution in [-0.2, 0) is 19.1 Å². The van der Waals surface area contributed by atoms with Gasteiger partial charge < -0.3 is 19.7 Å². The third kappa shape index (κ3) is 4.19. The van der Waals surface area contributed by atoms with Crippen molar-refractivity contribution in [3.63, 3.8) is 0 Å². The normalized spacial score (nSPS) is 34.3. The number of carboxylic acid groups (broad SMARTS) is 2. The monoisotopic (exact) mass is 346 g/mol. The van der Waals surface area contributed by atoms with Crippen molar-refractivity contribution >= 4 is 23.7 Å². The molecule has 0 radical (unpaired) electrons. The predicted octanol–water partition coefficient (Wildman–Crippen LogP) is 2.54. The van der Waals surface area contributed by atoms with E-state index in [-0.39, 0.29) is 24.4 Å². The first-order valence-electron chi connectivity index (χ1n) is 8.13. The van der Waals surface area contributed by atoms with Gasteiger partial charge in [0.15, 0.2) is 0 Å². The van der Waals surface area contributed by atoms with Gasteiger partial charge >= 0.3 is 11.9 Å². The zero-order chi connectivity index (χ0) is 17.4. The summed E-state index contributed by atoms with van der Waals surface area (Å²) < 4.78 is 8.54. The highest BCUT2D eigenvalue weighted by molar-refractivity contribution is 8.03. The lowest BCUT2D eigenvalue weighted by Crippen LogP contribution is -2.43. The highest BCUT2D eigenvalue weighted by Crippen LogP contribution is 2.48. The Labute approximate surface area is 140 Å². The summed E-state index contributed by atoms with van der Waals surface area (Å²) in [6.45, 7) is 7.18. The van der Waals surface area contributed by atoms with Crippen LogP contribution in [0.15, 0.2) is 0 Å². The SMILES string of the molecule is CCC1OC1CC(C)(SC(C)(CC1OC1CC)C(=O)O)C(=O)O. The highest BCUT2D eigenvalue weighted by atomic mass is 32.2. The van der Waals surface area contributed by atoms with Crippen LogP contribution >= 0.6 is 11.8 Å². The maximum atomic E-state index is 11.8. The Morgan fingerprint density at radius 2 is 1.22 bits per heavy atom. The van der Waals surface area contributed by atoms with Crippen molar-refractivity contribution in [3.05, 3.63) is 0 Å². The fourth-order valence-electron chi connectivity index (χ4n) is 3.05. The first kappa shape index (κ1) is 18.5. The van der Waals surface area contributed by atoms with Gasteiger partial charge in [0, 0.05) is 12.8 Å². The van der Waals surface area contributed by atoms with Crippen LogP contribution in [0.5, 0.6) is 0 Å². The molecule has 0 amide bonds. The van der Waals surface area contributed by atoms with Crippen molar-refractivity contribution in [2.75, 3.05) is 0 Å². The molecule has 2 N–H and O–H groups in total. The molecule has 0 aromatic rings. The minimum absolute atomic E-state index is 0.0905. The molecule has 2 aliphatic rings. The van der Waals surface area contributed by atoms with Gasteiger partial charge in [-0.3, -0.25) is 9.59 Å². The molecule has 7 heteroatoms. The summed E-state index contributed by atoms with van der Waals surface area (Å²) in [6.07, 6.45) is 2.33. The van der Waals surface area contributed by atoms with Crippen LogP contribution in [0.25, 0.3) is 0 Å². The number of epoxide rings is 2. The summed E-state index contributed by atoms with van der Waals surface area (Å²) in [7, 11) is 0. The number of rotatable bonds is 10. The first-order chi connectivity index (χ1) is 10.6. The number of carboxylic acids is 2. The molecule has 0 bridgehead atoms. The number of thioether (sulfide) groups is 1. The Morgan fingerprint density at radius 3 is 1.43 bits per heavy atom. The summed E-state index contributed by atoms with van der Waals surface area (Å²) in [5.41, 5.74) is 0. The van der Waals surface area contributed by atoms with Crippen LogP contribution in [0.2, 0.25) is 0 Å². The zero-order valence-electron chi connectivity index (χ0n) is 14.1. The molecule has 0 saturated carbocycles. The Hall–Kier alpha value is -0.790. The van der Waals surface area contributed by atoms with Gasteiger partial charge in [-0.2, -0.15) is 0 Å². The Bertz CT molecular complexity index is 441. The summed E-state index contributed by atoms with van der Waals surface area (Å²) in [4.78, 5) is 23.6. The molecule has 0 aromatic heterocycles. The Morgan fingerprint density at radius 1 is 0.870 bits per heavy atom. The van der Waals surface area contributed by atoms with Crippen molar-refractivity contribution in [1.29, 1.82) is 0 Å². The van der Waals surface area contributed by atoms with E-state index in [1.54, 1.807) is 13.8 Å². The van der Waals surface area contributed by atoms with E-state index in [4.69, 9.17) is 9.47 Å². The van der Waals surface area contributed by atoms with Crippen LogP contribution in [0, 0.1) is 0 Å². The number of hydrogen-bond acceptors (Lipinski definition) is 5. The molecule has 2 saturated heterocycles. The molecule has 0 aromatic carbocycles. The molecule has 2 rings (SSSR count). The molecule has 6 nitrogen and oxygen atoms in total. The van der Waals surface area contributed by atoms with E-state index in [0.717, 1.165) is 24.6 Å². The maximum absolute atomic E-state index is 11.8. The van der Waals surface area contributed by atoms with Crippen molar-refractivity contribution in [2.45, 2.75) is 87.3 Å². The Kier molecular flexibility index (Phi) is 5.33. The number of carbonyl (C=O) groups is 2. The lowest BCUT2D eigenvalue weighted by molar-refractivity contribution is -0.140. The summed E-state index contributed by atoms with van der Waals surface area (Å²) >= 11 is 1.01. The van der Waals surface area contributed by atoms with Gasteiger partial charge in [0.1, 0.15) is 9.49 Å². The molecule has 6 atom stereocenters. The van der Waals surface area contributed by atoms with Crippen LogP contribution in [0.1, 0.15) is 53.4 Å². The minimum atomic E-state index is -1.20. The van der Waals surface area contributed by atoms with Gasteiger partial charge in [-0.05, 0) is 26.7 Å². The topological polar surface area (TPSA) is 99.7 Å². The number of aliphatic carboxylic acids is 2. The van der Waals surface area contributed by atoms with Crippen LogP contribution < -0.4 is 0 Å². The van der Waals surface area contributed by atoms with Crippen LogP contribution in [-0.4, -0.2) is 56.1 Å². The fourth-order valence-corrected chi connectivity index (χ4v) is 4.71. The maximum Gasteiger partial charge on any atom is 0.319 e. The van der Waals surface area contributed by atoms with Gasteiger partial charge in [-0.25, -0.2) is 0 Å².